The summed E-state index contributed by atoms with van der Waals surface area (Å²) in [6.07, 6.45) is 1.01. The Morgan fingerprint density at radius 2 is 2.09 bits per heavy atom. The Morgan fingerprint density at radius 1 is 1.27 bits per heavy atom. The van der Waals surface area contributed by atoms with E-state index in [4.69, 9.17) is 0 Å². The molecule has 0 bridgehead atoms. The van der Waals surface area contributed by atoms with Crippen molar-refractivity contribution in [2.45, 2.75) is 19.4 Å². The Balaban J connectivity index is 1.85. The van der Waals surface area contributed by atoms with Crippen LogP contribution in [0.3, 0.4) is 0 Å². The van der Waals surface area contributed by atoms with Gasteiger partial charge in [-0.25, -0.2) is 9.37 Å². The highest BCUT2D eigenvalue weighted by Gasteiger charge is 2.22. The molecule has 5 nitrogen and oxygen atoms in total. The molecule has 1 N–H and O–H groups in total. The van der Waals surface area contributed by atoms with Gasteiger partial charge in [-0.3, -0.25) is 4.90 Å². The first-order chi connectivity index (χ1) is 10.6. The Morgan fingerprint density at radius 3 is 2.82 bits per heavy atom. The van der Waals surface area contributed by atoms with Gasteiger partial charge in [0.1, 0.15) is 5.52 Å². The lowest BCUT2D eigenvalue weighted by Crippen LogP contribution is -2.39. The highest BCUT2D eigenvalue weighted by atomic mass is 19.1. The van der Waals surface area contributed by atoms with Gasteiger partial charge in [-0.05, 0) is 25.5 Å². The summed E-state index contributed by atoms with van der Waals surface area (Å²) in [4.78, 5) is 9.02. The van der Waals surface area contributed by atoms with E-state index in [9.17, 15) is 9.50 Å². The zero-order valence-corrected chi connectivity index (χ0v) is 13.2. The predicted octanol–water partition coefficient (Wildman–Crippen LogP) is 1.61. The quantitative estimate of drug-likeness (QED) is 0.936. The first-order valence-corrected chi connectivity index (χ1v) is 7.82. The van der Waals surface area contributed by atoms with E-state index in [1.54, 1.807) is 6.07 Å². The minimum Gasteiger partial charge on any atom is -0.395 e. The number of aliphatic hydroxyl groups is 1. The Hall–Kier alpha value is -1.66. The average molecular weight is 306 g/mol. The molecule has 22 heavy (non-hydrogen) atoms. The van der Waals surface area contributed by atoms with Crippen LogP contribution in [-0.4, -0.2) is 58.4 Å². The third-order valence-electron chi connectivity index (χ3n) is 4.54. The third-order valence-corrected chi connectivity index (χ3v) is 4.54. The lowest BCUT2D eigenvalue weighted by molar-refractivity contribution is 0.141. The summed E-state index contributed by atoms with van der Waals surface area (Å²) in [6.45, 7) is 5.80. The molecule has 120 valence electrons. The third kappa shape index (κ3) is 2.68. The van der Waals surface area contributed by atoms with Crippen molar-refractivity contribution in [3.8, 4) is 0 Å². The number of hydrogen-bond donors (Lipinski definition) is 1. The average Bonchev–Trinajstić information content (AvgIpc) is 2.73. The Bertz CT molecular complexity index is 657. The second-order valence-corrected chi connectivity index (χ2v) is 5.99. The second kappa shape index (κ2) is 6.22. The molecule has 0 spiro atoms. The van der Waals surface area contributed by atoms with Gasteiger partial charge in [0.15, 0.2) is 5.82 Å². The molecule has 1 aliphatic rings. The van der Waals surface area contributed by atoms with E-state index in [1.807, 2.05) is 24.6 Å². The summed E-state index contributed by atoms with van der Waals surface area (Å²) < 4.78 is 15.9. The Kier molecular flexibility index (Phi) is 4.31. The summed E-state index contributed by atoms with van der Waals surface area (Å²) in [5, 5.41) is 9.32. The summed E-state index contributed by atoms with van der Waals surface area (Å²) in [5.74, 6) is 0.545. The summed E-state index contributed by atoms with van der Waals surface area (Å²) in [7, 11) is 1.93. The van der Waals surface area contributed by atoms with Crippen LogP contribution in [0.25, 0.3) is 11.0 Å². The number of fused-ring (bicyclic) bond motifs is 1. The number of imidazole rings is 1. The zero-order chi connectivity index (χ0) is 15.7. The maximum absolute atomic E-state index is 13.9. The fourth-order valence-electron chi connectivity index (χ4n) is 3.14. The maximum Gasteiger partial charge on any atom is 0.206 e. The molecule has 1 aromatic heterocycles. The molecule has 1 saturated heterocycles. The van der Waals surface area contributed by atoms with Crippen LogP contribution >= 0.6 is 0 Å². The van der Waals surface area contributed by atoms with Crippen LogP contribution in [0.4, 0.5) is 10.3 Å². The zero-order valence-electron chi connectivity index (χ0n) is 13.2. The van der Waals surface area contributed by atoms with Gasteiger partial charge in [-0.15, -0.1) is 0 Å². The smallest absolute Gasteiger partial charge is 0.206 e. The number of anilines is 1. The SMILES string of the molecule is CC(CO)N1CCCN(c2nc3c(F)cccc3n2C)CC1. The number of benzene rings is 1. The summed E-state index contributed by atoms with van der Waals surface area (Å²) >= 11 is 0. The number of nitrogens with zero attached hydrogens (tertiary/aromatic N) is 4. The first-order valence-electron chi connectivity index (χ1n) is 7.82. The molecule has 1 fully saturated rings. The lowest BCUT2D eigenvalue weighted by atomic mass is 10.3. The van der Waals surface area contributed by atoms with Gasteiger partial charge in [0, 0.05) is 39.3 Å². The van der Waals surface area contributed by atoms with Crippen LogP contribution < -0.4 is 4.90 Å². The highest BCUT2D eigenvalue weighted by Crippen LogP contribution is 2.24. The van der Waals surface area contributed by atoms with Crippen molar-refractivity contribution in [1.29, 1.82) is 0 Å². The molecule has 1 unspecified atom stereocenters. The topological polar surface area (TPSA) is 44.5 Å². The standard InChI is InChI=1S/C16H23FN4O/c1-12(11-22)20-7-4-8-21(10-9-20)16-18-15-13(17)5-3-6-14(15)19(16)2/h3,5-6,12,22H,4,7-11H2,1-2H3. The van der Waals surface area contributed by atoms with Crippen molar-refractivity contribution >= 4 is 17.0 Å². The monoisotopic (exact) mass is 306 g/mol. The van der Waals surface area contributed by atoms with Crippen LogP contribution in [0.5, 0.6) is 0 Å². The molecular weight excluding hydrogens is 283 g/mol. The molecule has 0 saturated carbocycles. The largest absolute Gasteiger partial charge is 0.395 e. The van der Waals surface area contributed by atoms with E-state index < -0.39 is 0 Å². The van der Waals surface area contributed by atoms with E-state index in [0.717, 1.165) is 44.1 Å². The molecular formula is C16H23FN4O. The van der Waals surface area contributed by atoms with Gasteiger partial charge < -0.3 is 14.6 Å². The van der Waals surface area contributed by atoms with E-state index in [2.05, 4.69) is 14.8 Å². The van der Waals surface area contributed by atoms with Crippen molar-refractivity contribution < 1.29 is 9.50 Å². The summed E-state index contributed by atoms with van der Waals surface area (Å²) in [6, 6.07) is 5.24. The number of hydrogen-bond acceptors (Lipinski definition) is 4. The number of aromatic nitrogens is 2. The van der Waals surface area contributed by atoms with Crippen molar-refractivity contribution in [2.24, 2.45) is 7.05 Å². The van der Waals surface area contributed by atoms with Crippen molar-refractivity contribution in [1.82, 2.24) is 14.5 Å². The van der Waals surface area contributed by atoms with Gasteiger partial charge in [0.2, 0.25) is 5.95 Å². The summed E-state index contributed by atoms with van der Waals surface area (Å²) in [5.41, 5.74) is 1.25. The minimum absolute atomic E-state index is 0.178. The highest BCUT2D eigenvalue weighted by molar-refractivity contribution is 5.79. The molecule has 2 aromatic rings. The molecule has 0 amide bonds. The molecule has 2 heterocycles. The normalized spacial score (nSPS) is 18.6. The van der Waals surface area contributed by atoms with E-state index in [1.165, 1.54) is 6.07 Å². The van der Waals surface area contributed by atoms with Crippen molar-refractivity contribution in [3.05, 3.63) is 24.0 Å². The fourth-order valence-corrected chi connectivity index (χ4v) is 3.14. The molecule has 0 aliphatic carbocycles. The number of para-hydroxylation sites is 1. The maximum atomic E-state index is 13.9. The molecule has 0 radical (unpaired) electrons. The lowest BCUT2D eigenvalue weighted by Gasteiger charge is -2.26. The van der Waals surface area contributed by atoms with Crippen LogP contribution in [-0.2, 0) is 7.05 Å². The molecule has 1 aliphatic heterocycles. The predicted molar refractivity (Wildman–Crippen MR) is 85.6 cm³/mol. The van der Waals surface area contributed by atoms with Crippen LogP contribution in [0.1, 0.15) is 13.3 Å². The number of aliphatic hydroxyl groups excluding tert-OH is 1. The van der Waals surface area contributed by atoms with Gasteiger partial charge in [-0.1, -0.05) is 6.07 Å². The van der Waals surface area contributed by atoms with Crippen molar-refractivity contribution in [3.63, 3.8) is 0 Å². The minimum atomic E-state index is -0.273. The van der Waals surface area contributed by atoms with E-state index >= 15 is 0 Å². The Labute approximate surface area is 130 Å². The first kappa shape index (κ1) is 15.2. The van der Waals surface area contributed by atoms with Crippen LogP contribution in [0.15, 0.2) is 18.2 Å². The van der Waals surface area contributed by atoms with Crippen molar-refractivity contribution in [2.75, 3.05) is 37.7 Å². The fraction of sp³-hybridized carbons (Fsp3) is 0.562. The molecule has 6 heteroatoms. The number of rotatable bonds is 3. The number of halogens is 1. The van der Waals surface area contributed by atoms with Gasteiger partial charge in [-0.2, -0.15) is 0 Å². The molecule has 1 atom stereocenters. The van der Waals surface area contributed by atoms with Crippen LogP contribution in [0.2, 0.25) is 0 Å². The van der Waals surface area contributed by atoms with Gasteiger partial charge >= 0.3 is 0 Å². The number of aryl methyl sites for hydroxylation is 1. The van der Waals surface area contributed by atoms with E-state index in [-0.39, 0.29) is 18.5 Å². The molecule has 1 aromatic carbocycles. The van der Waals surface area contributed by atoms with Gasteiger partial charge in [0.05, 0.1) is 12.1 Å². The second-order valence-electron chi connectivity index (χ2n) is 5.99. The van der Waals surface area contributed by atoms with Crippen LogP contribution in [0, 0.1) is 5.82 Å². The molecule has 3 rings (SSSR count). The van der Waals surface area contributed by atoms with Gasteiger partial charge in [0.25, 0.3) is 0 Å². The van der Waals surface area contributed by atoms with E-state index in [0.29, 0.717) is 5.52 Å².